The number of carbonyl (C=O) groups is 3. The Balaban J connectivity index is 1.23. The van der Waals surface area contributed by atoms with Gasteiger partial charge in [0.05, 0.1) is 5.41 Å². The lowest BCUT2D eigenvalue weighted by Crippen LogP contribution is -2.59. The fraction of sp³-hybridized carbons (Fsp3) is 0.690. The van der Waals surface area contributed by atoms with Gasteiger partial charge in [-0.1, -0.05) is 38.4 Å². The molecule has 9 heteroatoms. The number of nitrogens with one attached hydrogen (secondary N) is 1. The summed E-state index contributed by atoms with van der Waals surface area (Å²) in [5.41, 5.74) is -0.903. The number of amides is 2. The van der Waals surface area contributed by atoms with E-state index in [0.29, 0.717) is 25.9 Å². The van der Waals surface area contributed by atoms with E-state index in [1.54, 1.807) is 18.7 Å². The van der Waals surface area contributed by atoms with Gasteiger partial charge in [0.25, 0.3) is 0 Å². The van der Waals surface area contributed by atoms with Crippen LogP contribution in [-0.2, 0) is 19.1 Å². The van der Waals surface area contributed by atoms with Crippen molar-refractivity contribution < 1.29 is 19.1 Å². The Kier molecular flexibility index (Phi) is 8.34. The molecule has 1 N–H and O–H groups in total. The summed E-state index contributed by atoms with van der Waals surface area (Å²) < 4.78 is 5.85. The molecule has 1 aromatic carbocycles. The average Bonchev–Trinajstić information content (AvgIpc) is 3.16. The summed E-state index contributed by atoms with van der Waals surface area (Å²) in [5.74, 6) is -0.372. The van der Waals surface area contributed by atoms with Gasteiger partial charge in [-0.15, -0.1) is 0 Å². The summed E-state index contributed by atoms with van der Waals surface area (Å²) in [7, 11) is 0. The smallest absolute Gasteiger partial charge is 0.312 e. The molecule has 3 fully saturated rings. The van der Waals surface area contributed by atoms with Crippen molar-refractivity contribution in [2.75, 3.05) is 50.7 Å². The van der Waals surface area contributed by atoms with Crippen LogP contribution >= 0.6 is 11.6 Å². The third kappa shape index (κ3) is 6.45. The van der Waals surface area contributed by atoms with Crippen molar-refractivity contribution in [3.05, 3.63) is 29.3 Å². The lowest BCUT2D eigenvalue weighted by atomic mass is 9.75. The van der Waals surface area contributed by atoms with Gasteiger partial charge in [-0.3, -0.25) is 19.3 Å². The number of piperazine rings is 1. The van der Waals surface area contributed by atoms with E-state index in [9.17, 15) is 14.4 Å². The molecule has 2 amide bonds. The van der Waals surface area contributed by atoms with E-state index in [-0.39, 0.29) is 23.9 Å². The second-order valence-electron chi connectivity index (χ2n) is 12.7. The van der Waals surface area contributed by atoms with Crippen LogP contribution in [0.3, 0.4) is 0 Å². The molecule has 3 aliphatic heterocycles. The van der Waals surface area contributed by atoms with Crippen LogP contribution in [0.2, 0.25) is 5.02 Å². The number of anilines is 1. The van der Waals surface area contributed by atoms with Crippen LogP contribution in [0.4, 0.5) is 5.69 Å². The molecule has 3 aliphatic rings. The van der Waals surface area contributed by atoms with Crippen molar-refractivity contribution in [3.8, 4) is 0 Å². The predicted octanol–water partition coefficient (Wildman–Crippen LogP) is 3.72. The molecule has 0 bridgehead atoms. The number of halogens is 1. The van der Waals surface area contributed by atoms with Crippen molar-refractivity contribution in [2.45, 2.75) is 71.9 Å². The Labute approximate surface area is 232 Å². The van der Waals surface area contributed by atoms with Crippen molar-refractivity contribution >= 4 is 35.1 Å². The summed E-state index contributed by atoms with van der Waals surface area (Å²) in [6.07, 6.45) is 2.70. The maximum Gasteiger partial charge on any atom is 0.312 e. The lowest BCUT2D eigenvalue weighted by molar-refractivity contribution is -0.153. The van der Waals surface area contributed by atoms with Crippen LogP contribution < -0.4 is 10.2 Å². The number of benzene rings is 1. The minimum atomic E-state index is -0.996. The zero-order valence-electron chi connectivity index (χ0n) is 23.5. The van der Waals surface area contributed by atoms with Crippen LogP contribution in [-0.4, -0.2) is 85.0 Å². The Morgan fingerprint density at radius 1 is 1.05 bits per heavy atom. The monoisotopic (exact) mass is 546 g/mol. The molecule has 1 atom stereocenters. The highest BCUT2D eigenvalue weighted by Crippen LogP contribution is 2.44. The Morgan fingerprint density at radius 3 is 2.32 bits per heavy atom. The molecular weight excluding hydrogens is 504 g/mol. The van der Waals surface area contributed by atoms with Gasteiger partial charge in [0.1, 0.15) is 11.6 Å². The number of hydrogen-bond acceptors (Lipinski definition) is 6. The largest absolute Gasteiger partial charge is 0.462 e. The van der Waals surface area contributed by atoms with E-state index in [2.05, 4.69) is 21.2 Å². The molecule has 8 nitrogen and oxygen atoms in total. The molecule has 38 heavy (non-hydrogen) atoms. The topological polar surface area (TPSA) is 82.2 Å². The number of rotatable bonds is 6. The van der Waals surface area contributed by atoms with Crippen LogP contribution in [0.15, 0.2) is 24.3 Å². The first-order valence-corrected chi connectivity index (χ1v) is 14.2. The summed E-state index contributed by atoms with van der Waals surface area (Å²) in [6, 6.07) is 7.99. The highest BCUT2D eigenvalue weighted by molar-refractivity contribution is 6.30. The lowest BCUT2D eigenvalue weighted by Gasteiger charge is -2.40. The fourth-order valence-electron chi connectivity index (χ4n) is 5.69. The Bertz CT molecular complexity index is 1040. The molecule has 4 rings (SSSR count). The molecule has 210 valence electrons. The van der Waals surface area contributed by atoms with E-state index < -0.39 is 16.4 Å². The second-order valence-corrected chi connectivity index (χ2v) is 13.2. The Morgan fingerprint density at radius 2 is 1.71 bits per heavy atom. The normalized spacial score (nSPS) is 22.5. The first-order valence-electron chi connectivity index (χ1n) is 13.9. The predicted molar refractivity (Wildman–Crippen MR) is 149 cm³/mol. The van der Waals surface area contributed by atoms with E-state index in [4.69, 9.17) is 16.3 Å². The molecule has 0 radical (unpaired) electrons. The molecule has 1 aromatic rings. The molecule has 0 saturated carbocycles. The first kappa shape index (κ1) is 28.7. The zero-order chi connectivity index (χ0) is 27.7. The van der Waals surface area contributed by atoms with Crippen LogP contribution in [0, 0.1) is 10.8 Å². The van der Waals surface area contributed by atoms with Gasteiger partial charge in [-0.05, 0) is 51.3 Å². The van der Waals surface area contributed by atoms with Crippen molar-refractivity contribution in [1.29, 1.82) is 0 Å². The van der Waals surface area contributed by atoms with Gasteiger partial charge in [-0.2, -0.15) is 0 Å². The minimum Gasteiger partial charge on any atom is -0.462 e. The van der Waals surface area contributed by atoms with Gasteiger partial charge >= 0.3 is 5.97 Å². The van der Waals surface area contributed by atoms with Gasteiger partial charge in [-0.25, -0.2) is 0 Å². The highest BCUT2D eigenvalue weighted by Gasteiger charge is 2.51. The van der Waals surface area contributed by atoms with Gasteiger partial charge < -0.3 is 19.9 Å². The molecule has 3 saturated heterocycles. The maximum absolute atomic E-state index is 13.2. The number of nitrogens with zero attached hydrogens (tertiary/aromatic N) is 3. The number of carbonyl (C=O) groups excluding carboxylic acids is 3. The highest BCUT2D eigenvalue weighted by atomic mass is 35.5. The Hall–Kier alpha value is -2.32. The number of cyclic esters (lactones) is 1. The molecule has 1 unspecified atom stereocenters. The number of ether oxygens (including phenoxy) is 1. The number of esters is 1. The second kappa shape index (κ2) is 11.0. The van der Waals surface area contributed by atoms with Crippen LogP contribution in [0.25, 0.3) is 0 Å². The van der Waals surface area contributed by atoms with Gasteiger partial charge in [0.15, 0.2) is 0 Å². The molecule has 0 aliphatic carbocycles. The maximum atomic E-state index is 13.2. The third-order valence-electron chi connectivity index (χ3n) is 8.29. The summed E-state index contributed by atoms with van der Waals surface area (Å²) >= 11 is 6.15. The number of hydrogen-bond donors (Lipinski definition) is 1. The molecule has 0 aromatic heterocycles. The van der Waals surface area contributed by atoms with E-state index in [1.807, 2.05) is 39.0 Å². The summed E-state index contributed by atoms with van der Waals surface area (Å²) in [6.45, 7) is 14.7. The minimum absolute atomic E-state index is 0.0711. The summed E-state index contributed by atoms with van der Waals surface area (Å²) in [5, 5.41) is 3.65. The SMILES string of the molecule is CC(C)(C)C(=O)NC(C)(C)C(=O)N1CCC2(CC1)CC(CCN1CCN(c3cccc(Cl)c3)CC1)OC2=O. The van der Waals surface area contributed by atoms with E-state index in [0.717, 1.165) is 56.3 Å². The van der Waals surface area contributed by atoms with Gasteiger partial charge in [0.2, 0.25) is 11.8 Å². The quantitative estimate of drug-likeness (QED) is 0.548. The van der Waals surface area contributed by atoms with E-state index in [1.165, 1.54) is 0 Å². The third-order valence-corrected chi connectivity index (χ3v) is 8.52. The first-order chi connectivity index (χ1) is 17.8. The van der Waals surface area contributed by atoms with Crippen molar-refractivity contribution in [3.63, 3.8) is 0 Å². The average molecular weight is 547 g/mol. The zero-order valence-corrected chi connectivity index (χ0v) is 24.3. The number of likely N-dealkylation sites (tertiary alicyclic amines) is 1. The van der Waals surface area contributed by atoms with E-state index >= 15 is 0 Å². The standard InChI is InChI=1S/C29H43ClN4O4/c1-27(2,3)24(35)31-28(4,5)25(36)34-13-10-29(11-14-34)20-23(38-26(29)37)9-12-32-15-17-33(18-16-32)22-8-6-7-21(30)19-22/h6-8,19,23H,9-18,20H2,1-5H3,(H,31,35). The molecule has 1 spiro atoms. The van der Waals surface area contributed by atoms with Crippen LogP contribution in [0.1, 0.15) is 60.3 Å². The number of piperidine rings is 1. The van der Waals surface area contributed by atoms with Crippen molar-refractivity contribution in [1.82, 2.24) is 15.1 Å². The van der Waals surface area contributed by atoms with Gasteiger partial charge in [0, 0.05) is 68.4 Å². The fourth-order valence-corrected chi connectivity index (χ4v) is 5.88. The van der Waals surface area contributed by atoms with Crippen molar-refractivity contribution in [2.24, 2.45) is 10.8 Å². The summed E-state index contributed by atoms with van der Waals surface area (Å²) in [4.78, 5) is 45.2. The molecular formula is C29H43ClN4O4. The van der Waals surface area contributed by atoms with Crippen LogP contribution in [0.5, 0.6) is 0 Å². The molecule has 3 heterocycles.